The zero-order valence-corrected chi connectivity index (χ0v) is 7.00. The molecule has 0 aliphatic rings. The van der Waals surface area contributed by atoms with Crippen molar-refractivity contribution in [1.82, 2.24) is 0 Å². The van der Waals surface area contributed by atoms with Gasteiger partial charge in [0, 0.05) is 17.8 Å². The van der Waals surface area contributed by atoms with Crippen molar-refractivity contribution < 1.29 is 4.92 Å². The third-order valence-corrected chi connectivity index (χ3v) is 1.79. The topological polar surface area (TPSA) is 69.2 Å². The van der Waals surface area contributed by atoms with E-state index in [-0.39, 0.29) is 5.69 Å². The molecule has 2 N–H and O–H groups in total. The molecular formula is C7H9BN2O2. The fourth-order valence-corrected chi connectivity index (χ4v) is 1.06. The highest BCUT2D eigenvalue weighted by Gasteiger charge is 2.08. The van der Waals surface area contributed by atoms with Gasteiger partial charge in [-0.2, -0.15) is 0 Å². The Bertz CT molecular complexity index is 315. The van der Waals surface area contributed by atoms with Crippen LogP contribution in [0, 0.1) is 17.0 Å². The number of rotatable bonds is 1. The second kappa shape index (κ2) is 2.85. The van der Waals surface area contributed by atoms with Crippen molar-refractivity contribution in [3.63, 3.8) is 0 Å². The molecule has 0 fully saturated rings. The molecule has 0 spiro atoms. The predicted molar refractivity (Wildman–Crippen MR) is 50.4 cm³/mol. The number of anilines is 1. The van der Waals surface area contributed by atoms with Crippen LogP contribution in [0.3, 0.4) is 0 Å². The van der Waals surface area contributed by atoms with Gasteiger partial charge >= 0.3 is 0 Å². The van der Waals surface area contributed by atoms with Crippen molar-refractivity contribution in [2.45, 2.75) is 6.92 Å². The minimum atomic E-state index is -0.417. The second-order valence-corrected chi connectivity index (χ2v) is 2.75. The zero-order valence-electron chi connectivity index (χ0n) is 7.00. The van der Waals surface area contributed by atoms with Crippen LogP contribution in [-0.2, 0) is 0 Å². The number of non-ortho nitro benzene ring substituents is 1. The Morgan fingerprint density at radius 3 is 2.58 bits per heavy atom. The summed E-state index contributed by atoms with van der Waals surface area (Å²) in [4.78, 5) is 9.96. The van der Waals surface area contributed by atoms with Gasteiger partial charge in [-0.15, -0.1) is 0 Å². The molecule has 5 heteroatoms. The Hall–Kier alpha value is -1.52. The number of benzene rings is 1. The van der Waals surface area contributed by atoms with Gasteiger partial charge in [-0.25, -0.2) is 0 Å². The largest absolute Gasteiger partial charge is 0.399 e. The first-order chi connectivity index (χ1) is 5.52. The lowest BCUT2D eigenvalue weighted by atomic mass is 9.91. The summed E-state index contributed by atoms with van der Waals surface area (Å²) >= 11 is 0. The number of aryl methyl sites for hydroxylation is 1. The molecule has 0 unspecified atom stereocenters. The van der Waals surface area contributed by atoms with E-state index in [1.165, 1.54) is 12.1 Å². The van der Waals surface area contributed by atoms with Crippen LogP contribution in [0.1, 0.15) is 5.56 Å². The van der Waals surface area contributed by atoms with Crippen molar-refractivity contribution in [2.24, 2.45) is 0 Å². The molecule has 0 amide bonds. The highest BCUT2D eigenvalue weighted by molar-refractivity contribution is 6.36. The van der Waals surface area contributed by atoms with Crippen LogP contribution in [0.5, 0.6) is 0 Å². The van der Waals surface area contributed by atoms with E-state index in [2.05, 4.69) is 0 Å². The Morgan fingerprint density at radius 1 is 1.58 bits per heavy atom. The van der Waals surface area contributed by atoms with E-state index in [1.54, 1.807) is 14.8 Å². The van der Waals surface area contributed by atoms with E-state index < -0.39 is 4.92 Å². The summed E-state index contributed by atoms with van der Waals surface area (Å²) in [5.41, 5.74) is 7.85. The quantitative estimate of drug-likeness (QED) is 0.269. The third-order valence-electron chi connectivity index (χ3n) is 1.79. The molecule has 0 aliphatic carbocycles. The lowest BCUT2D eigenvalue weighted by molar-refractivity contribution is -0.384. The minimum Gasteiger partial charge on any atom is -0.399 e. The molecule has 4 nitrogen and oxygen atoms in total. The highest BCUT2D eigenvalue weighted by atomic mass is 16.6. The fraction of sp³-hybridized carbons (Fsp3) is 0.143. The first kappa shape index (κ1) is 8.58. The summed E-state index contributed by atoms with van der Waals surface area (Å²) in [6.07, 6.45) is 0. The molecule has 0 aromatic heterocycles. The lowest BCUT2D eigenvalue weighted by Gasteiger charge is -2.03. The number of hydrogen-bond acceptors (Lipinski definition) is 3. The van der Waals surface area contributed by atoms with E-state index in [9.17, 15) is 10.1 Å². The SMILES string of the molecule is Bc1cc([N+](=O)[O-])cc(C)c1N. The van der Waals surface area contributed by atoms with Gasteiger partial charge in [0.15, 0.2) is 0 Å². The molecule has 1 aromatic carbocycles. The summed E-state index contributed by atoms with van der Waals surface area (Å²) in [5, 5.41) is 10.4. The summed E-state index contributed by atoms with van der Waals surface area (Å²) in [6, 6.07) is 2.95. The maximum Gasteiger partial charge on any atom is 0.269 e. The maximum absolute atomic E-state index is 10.4. The second-order valence-electron chi connectivity index (χ2n) is 2.75. The van der Waals surface area contributed by atoms with Crippen LogP contribution in [0.15, 0.2) is 12.1 Å². The Morgan fingerprint density at radius 2 is 2.17 bits per heavy atom. The van der Waals surface area contributed by atoms with Gasteiger partial charge < -0.3 is 5.73 Å². The molecule has 1 rings (SSSR count). The van der Waals surface area contributed by atoms with E-state index in [0.717, 1.165) is 11.0 Å². The van der Waals surface area contributed by atoms with Gasteiger partial charge in [-0.3, -0.25) is 10.1 Å². The summed E-state index contributed by atoms with van der Waals surface area (Å²) in [5.74, 6) is 0. The molecule has 1 aromatic rings. The van der Waals surface area contributed by atoms with Crippen LogP contribution < -0.4 is 11.2 Å². The zero-order chi connectivity index (χ0) is 9.30. The normalized spacial score (nSPS) is 9.75. The molecule has 0 atom stereocenters. The van der Waals surface area contributed by atoms with Crippen molar-refractivity contribution in [3.05, 3.63) is 27.8 Å². The summed E-state index contributed by atoms with van der Waals surface area (Å²) < 4.78 is 0. The van der Waals surface area contributed by atoms with E-state index in [4.69, 9.17) is 5.73 Å². The van der Waals surface area contributed by atoms with Gasteiger partial charge in [0.2, 0.25) is 0 Å². The number of nitro benzene ring substituents is 1. The van der Waals surface area contributed by atoms with Crippen molar-refractivity contribution in [2.75, 3.05) is 5.73 Å². The van der Waals surface area contributed by atoms with Crippen molar-refractivity contribution in [3.8, 4) is 0 Å². The third kappa shape index (κ3) is 1.39. The van der Waals surface area contributed by atoms with Crippen molar-refractivity contribution >= 4 is 24.7 Å². The molecule has 0 heterocycles. The lowest BCUT2D eigenvalue weighted by Crippen LogP contribution is -2.12. The molecule has 0 radical (unpaired) electrons. The molecule has 0 aliphatic heterocycles. The van der Waals surface area contributed by atoms with Crippen LogP contribution in [0.25, 0.3) is 0 Å². The van der Waals surface area contributed by atoms with Crippen LogP contribution in [0.2, 0.25) is 0 Å². The Labute approximate surface area is 70.9 Å². The number of nitrogens with zero attached hydrogens (tertiary/aromatic N) is 1. The smallest absolute Gasteiger partial charge is 0.269 e. The average Bonchev–Trinajstić information content (AvgIpc) is 1.99. The van der Waals surface area contributed by atoms with Gasteiger partial charge in [0.1, 0.15) is 7.85 Å². The standard InChI is InChI=1S/C7H9BN2O2/c1-4-2-5(10(11)12)3-6(8)7(4)9/h2-3H,8-9H2,1H3. The number of nitrogens with two attached hydrogens (primary N) is 1. The molecule has 0 saturated heterocycles. The summed E-state index contributed by atoms with van der Waals surface area (Å²) in [7, 11) is 1.76. The maximum atomic E-state index is 10.4. The number of hydrogen-bond donors (Lipinski definition) is 1. The number of nitro groups is 1. The molecular weight excluding hydrogens is 155 g/mol. The van der Waals surface area contributed by atoms with E-state index >= 15 is 0 Å². The molecule has 0 bridgehead atoms. The van der Waals surface area contributed by atoms with Crippen LogP contribution in [-0.4, -0.2) is 12.8 Å². The molecule has 62 valence electrons. The predicted octanol–water partition coefficient (Wildman–Crippen LogP) is -0.256. The number of nitrogen functional groups attached to an aromatic ring is 1. The Kier molecular flexibility index (Phi) is 2.04. The van der Waals surface area contributed by atoms with Crippen molar-refractivity contribution in [1.29, 1.82) is 0 Å². The van der Waals surface area contributed by atoms with E-state index in [1.807, 2.05) is 0 Å². The molecule has 12 heavy (non-hydrogen) atoms. The van der Waals surface area contributed by atoms with Crippen LogP contribution >= 0.6 is 0 Å². The Balaban J connectivity index is 3.31. The first-order valence-electron chi connectivity index (χ1n) is 3.53. The average molecular weight is 164 g/mol. The summed E-state index contributed by atoms with van der Waals surface area (Å²) in [6.45, 7) is 1.76. The van der Waals surface area contributed by atoms with Gasteiger partial charge in [-0.05, 0) is 12.5 Å². The molecule has 0 saturated carbocycles. The van der Waals surface area contributed by atoms with Crippen LogP contribution in [0.4, 0.5) is 11.4 Å². The highest BCUT2D eigenvalue weighted by Crippen LogP contribution is 2.15. The first-order valence-corrected chi connectivity index (χ1v) is 3.53. The van der Waals surface area contributed by atoms with Gasteiger partial charge in [-0.1, -0.05) is 5.46 Å². The minimum absolute atomic E-state index is 0.0965. The fourth-order valence-electron chi connectivity index (χ4n) is 1.06. The van der Waals surface area contributed by atoms with E-state index in [0.29, 0.717) is 5.69 Å². The monoisotopic (exact) mass is 164 g/mol. The van der Waals surface area contributed by atoms with Gasteiger partial charge in [0.25, 0.3) is 5.69 Å². The van der Waals surface area contributed by atoms with Gasteiger partial charge in [0.05, 0.1) is 4.92 Å².